The number of ether oxygens (including phenoxy) is 1. The van der Waals surface area contributed by atoms with E-state index in [1.54, 1.807) is 0 Å². The summed E-state index contributed by atoms with van der Waals surface area (Å²) in [5.41, 5.74) is 6.91. The molecule has 0 aliphatic rings. The van der Waals surface area contributed by atoms with Crippen LogP contribution in [0.4, 0.5) is 10.5 Å². The van der Waals surface area contributed by atoms with E-state index >= 15 is 0 Å². The number of rotatable bonds is 3. The molecule has 0 saturated carbocycles. The minimum absolute atomic E-state index is 0.243. The Labute approximate surface area is 122 Å². The van der Waals surface area contributed by atoms with Gasteiger partial charge in [0.05, 0.1) is 5.69 Å². The van der Waals surface area contributed by atoms with E-state index in [0.717, 1.165) is 10.0 Å². The topological polar surface area (TPSA) is 64.3 Å². The van der Waals surface area contributed by atoms with Gasteiger partial charge in [0.2, 0.25) is 0 Å². The summed E-state index contributed by atoms with van der Waals surface area (Å²) in [6, 6.07) is 5.79. The molecule has 0 radical (unpaired) electrons. The monoisotopic (exact) mass is 328 g/mol. The second kappa shape index (κ2) is 6.39. The molecule has 1 aromatic rings. The van der Waals surface area contributed by atoms with Crippen LogP contribution in [0.2, 0.25) is 0 Å². The molecule has 0 aliphatic heterocycles. The molecule has 0 aliphatic carbocycles. The number of benzene rings is 1. The first-order valence-electron chi connectivity index (χ1n) is 6.22. The van der Waals surface area contributed by atoms with E-state index in [9.17, 15) is 4.79 Å². The van der Waals surface area contributed by atoms with E-state index in [4.69, 9.17) is 10.5 Å². The number of carbonyl (C=O) groups excluding carboxylic acids is 1. The normalized spacial score (nSPS) is 12.9. The maximum Gasteiger partial charge on any atom is 0.412 e. The van der Waals surface area contributed by atoms with E-state index in [0.29, 0.717) is 12.2 Å². The predicted octanol–water partition coefficient (Wildman–Crippen LogP) is 3.86. The minimum atomic E-state index is -0.515. The van der Waals surface area contributed by atoms with Gasteiger partial charge in [0.15, 0.2) is 0 Å². The SMILES string of the molecule is CC(CN)c1ccc(Br)c(NC(=O)OC(C)(C)C)c1. The van der Waals surface area contributed by atoms with Gasteiger partial charge in [-0.1, -0.05) is 13.0 Å². The Kier molecular flexibility index (Phi) is 5.38. The van der Waals surface area contributed by atoms with Crippen LogP contribution in [-0.4, -0.2) is 18.2 Å². The van der Waals surface area contributed by atoms with Crippen molar-refractivity contribution in [3.8, 4) is 0 Å². The number of amides is 1. The Morgan fingerprint density at radius 1 is 1.47 bits per heavy atom. The molecule has 0 bridgehead atoms. The average Bonchev–Trinajstić information content (AvgIpc) is 2.28. The molecule has 1 atom stereocenters. The van der Waals surface area contributed by atoms with Gasteiger partial charge in [0.1, 0.15) is 5.60 Å². The molecule has 0 heterocycles. The lowest BCUT2D eigenvalue weighted by atomic mass is 10.0. The van der Waals surface area contributed by atoms with Crippen molar-refractivity contribution < 1.29 is 9.53 Å². The van der Waals surface area contributed by atoms with E-state index in [-0.39, 0.29) is 5.92 Å². The van der Waals surface area contributed by atoms with Gasteiger partial charge in [-0.05, 0) is 66.9 Å². The molecule has 1 unspecified atom stereocenters. The molecule has 3 N–H and O–H groups in total. The van der Waals surface area contributed by atoms with Crippen molar-refractivity contribution in [2.45, 2.75) is 39.2 Å². The summed E-state index contributed by atoms with van der Waals surface area (Å²) < 4.78 is 6.04. The molecule has 0 aromatic heterocycles. The van der Waals surface area contributed by atoms with Gasteiger partial charge in [-0.3, -0.25) is 5.32 Å². The van der Waals surface area contributed by atoms with E-state index in [1.165, 1.54) is 0 Å². The quantitative estimate of drug-likeness (QED) is 0.885. The van der Waals surface area contributed by atoms with Crippen molar-refractivity contribution in [3.05, 3.63) is 28.2 Å². The van der Waals surface area contributed by atoms with Crippen LogP contribution in [0.1, 0.15) is 39.2 Å². The van der Waals surface area contributed by atoms with Crippen molar-refractivity contribution >= 4 is 27.7 Å². The summed E-state index contributed by atoms with van der Waals surface area (Å²) in [5, 5.41) is 2.74. The van der Waals surface area contributed by atoms with Gasteiger partial charge >= 0.3 is 6.09 Å². The van der Waals surface area contributed by atoms with Crippen molar-refractivity contribution in [2.24, 2.45) is 5.73 Å². The van der Waals surface area contributed by atoms with Crippen LogP contribution in [-0.2, 0) is 4.74 Å². The van der Waals surface area contributed by atoms with Crippen LogP contribution in [0.3, 0.4) is 0 Å². The average molecular weight is 329 g/mol. The standard InChI is InChI=1S/C14H21BrN2O2/c1-9(8-16)10-5-6-11(15)12(7-10)17-13(18)19-14(2,3)4/h5-7,9H,8,16H2,1-4H3,(H,17,18). The lowest BCUT2D eigenvalue weighted by Gasteiger charge is -2.20. The van der Waals surface area contributed by atoms with Crippen LogP contribution in [0.15, 0.2) is 22.7 Å². The lowest BCUT2D eigenvalue weighted by molar-refractivity contribution is 0.0636. The van der Waals surface area contributed by atoms with Crippen LogP contribution in [0, 0.1) is 0 Å². The van der Waals surface area contributed by atoms with E-state index in [2.05, 4.69) is 21.2 Å². The Balaban J connectivity index is 2.85. The number of hydrogen-bond acceptors (Lipinski definition) is 3. The van der Waals surface area contributed by atoms with Gasteiger partial charge in [-0.2, -0.15) is 0 Å². The molecule has 1 aromatic carbocycles. The van der Waals surface area contributed by atoms with Gasteiger partial charge in [-0.25, -0.2) is 4.79 Å². The van der Waals surface area contributed by atoms with Gasteiger partial charge < -0.3 is 10.5 Å². The Bertz CT molecular complexity index is 455. The second-order valence-electron chi connectivity index (χ2n) is 5.50. The highest BCUT2D eigenvalue weighted by Gasteiger charge is 2.17. The van der Waals surface area contributed by atoms with Crippen LogP contribution in [0.25, 0.3) is 0 Å². The zero-order valence-corrected chi connectivity index (χ0v) is 13.4. The fourth-order valence-electron chi connectivity index (χ4n) is 1.49. The number of anilines is 1. The Morgan fingerprint density at radius 3 is 2.63 bits per heavy atom. The van der Waals surface area contributed by atoms with Gasteiger partial charge in [0.25, 0.3) is 0 Å². The molecular formula is C14H21BrN2O2. The van der Waals surface area contributed by atoms with Crippen LogP contribution in [0.5, 0.6) is 0 Å². The third-order valence-electron chi connectivity index (χ3n) is 2.55. The Hall–Kier alpha value is -1.07. The summed E-state index contributed by atoms with van der Waals surface area (Å²) in [4.78, 5) is 11.8. The van der Waals surface area contributed by atoms with Crippen molar-refractivity contribution in [1.82, 2.24) is 0 Å². The fraction of sp³-hybridized carbons (Fsp3) is 0.500. The maximum atomic E-state index is 11.8. The molecule has 106 valence electrons. The number of halogens is 1. The molecular weight excluding hydrogens is 308 g/mol. The van der Waals surface area contributed by atoms with Crippen molar-refractivity contribution in [1.29, 1.82) is 0 Å². The van der Waals surface area contributed by atoms with Crippen molar-refractivity contribution in [2.75, 3.05) is 11.9 Å². The zero-order chi connectivity index (χ0) is 14.6. The highest BCUT2D eigenvalue weighted by Crippen LogP contribution is 2.27. The van der Waals surface area contributed by atoms with Crippen LogP contribution >= 0.6 is 15.9 Å². The largest absolute Gasteiger partial charge is 0.444 e. The molecule has 19 heavy (non-hydrogen) atoms. The molecule has 0 spiro atoms. The first-order valence-corrected chi connectivity index (χ1v) is 7.01. The molecule has 1 rings (SSSR count). The summed E-state index contributed by atoms with van der Waals surface area (Å²) in [7, 11) is 0. The molecule has 5 heteroatoms. The van der Waals surface area contributed by atoms with E-state index < -0.39 is 11.7 Å². The summed E-state index contributed by atoms with van der Waals surface area (Å²) in [6.07, 6.45) is -0.467. The number of hydrogen-bond donors (Lipinski definition) is 2. The first kappa shape index (κ1) is 16.0. The van der Waals surface area contributed by atoms with Gasteiger partial charge in [0, 0.05) is 4.47 Å². The molecule has 0 saturated heterocycles. The highest BCUT2D eigenvalue weighted by molar-refractivity contribution is 9.10. The summed E-state index contributed by atoms with van der Waals surface area (Å²) in [5.74, 6) is 0.243. The predicted molar refractivity (Wildman–Crippen MR) is 81.5 cm³/mol. The van der Waals surface area contributed by atoms with Crippen molar-refractivity contribution in [3.63, 3.8) is 0 Å². The lowest BCUT2D eigenvalue weighted by Crippen LogP contribution is -2.27. The fourth-order valence-corrected chi connectivity index (χ4v) is 1.84. The van der Waals surface area contributed by atoms with Gasteiger partial charge in [-0.15, -0.1) is 0 Å². The highest BCUT2D eigenvalue weighted by atomic mass is 79.9. The molecule has 1 amide bonds. The smallest absolute Gasteiger partial charge is 0.412 e. The number of nitrogens with two attached hydrogens (primary N) is 1. The number of carbonyl (C=O) groups is 1. The Morgan fingerprint density at radius 2 is 2.11 bits per heavy atom. The third kappa shape index (κ3) is 5.20. The maximum absolute atomic E-state index is 11.8. The summed E-state index contributed by atoms with van der Waals surface area (Å²) in [6.45, 7) is 8.09. The zero-order valence-electron chi connectivity index (χ0n) is 11.8. The third-order valence-corrected chi connectivity index (χ3v) is 3.24. The second-order valence-corrected chi connectivity index (χ2v) is 6.36. The van der Waals surface area contributed by atoms with Crippen LogP contribution < -0.4 is 11.1 Å². The van der Waals surface area contributed by atoms with E-state index in [1.807, 2.05) is 45.9 Å². The molecule has 0 fully saturated rings. The number of nitrogens with one attached hydrogen (secondary N) is 1. The first-order chi connectivity index (χ1) is 8.73. The molecule has 4 nitrogen and oxygen atoms in total. The minimum Gasteiger partial charge on any atom is -0.444 e. The summed E-state index contributed by atoms with van der Waals surface area (Å²) >= 11 is 3.41.